The van der Waals surface area contributed by atoms with Gasteiger partial charge in [-0.1, -0.05) is 18.2 Å². The first-order valence-corrected chi connectivity index (χ1v) is 9.79. The monoisotopic (exact) mass is 368 g/mol. The van der Waals surface area contributed by atoms with Crippen molar-refractivity contribution in [3.63, 3.8) is 0 Å². The minimum absolute atomic E-state index is 0.504. The van der Waals surface area contributed by atoms with Gasteiger partial charge in [-0.05, 0) is 62.1 Å². The van der Waals surface area contributed by atoms with Crippen LogP contribution in [-0.4, -0.2) is 51.3 Å². The van der Waals surface area contributed by atoms with Crippen molar-refractivity contribution in [2.24, 2.45) is 0 Å². The Morgan fingerprint density at radius 3 is 2.26 bits per heavy atom. The van der Waals surface area contributed by atoms with E-state index >= 15 is 0 Å². The van der Waals surface area contributed by atoms with E-state index in [1.807, 2.05) is 6.07 Å². The number of hydrogen-bond acceptors (Lipinski definition) is 4. The van der Waals surface area contributed by atoms with Crippen LogP contribution in [0.4, 0.5) is 5.69 Å². The predicted octanol–water partition coefficient (Wildman–Crippen LogP) is 4.07. The Labute approximate surface area is 163 Å². The maximum Gasteiger partial charge on any atom is 0.160 e. The fraction of sp³-hybridized carbons (Fsp3) is 0.478. The van der Waals surface area contributed by atoms with Gasteiger partial charge in [-0.15, -0.1) is 0 Å². The number of piperazine rings is 1. The van der Waals surface area contributed by atoms with E-state index < -0.39 is 0 Å². The Bertz CT molecular complexity index is 767. The largest absolute Gasteiger partial charge is 0.493 e. The average Bonchev–Trinajstić information content (AvgIpc) is 2.69. The predicted molar refractivity (Wildman–Crippen MR) is 112 cm³/mol. The highest BCUT2D eigenvalue weighted by molar-refractivity contribution is 5.55. The highest BCUT2D eigenvalue weighted by atomic mass is 16.5. The number of methoxy groups -OCH3 is 2. The lowest BCUT2D eigenvalue weighted by Crippen LogP contribution is -2.50. The second kappa shape index (κ2) is 8.66. The molecule has 1 aliphatic heterocycles. The minimum Gasteiger partial charge on any atom is -0.493 e. The standard InChI is InChI=1S/C23H32N2O2/c1-17-6-7-18(2)21(14-17)25-12-10-24(11-13-25)19(3)15-20-8-9-22(26-4)23(16-20)27-5/h6-9,14,16,19H,10-13,15H2,1-5H3. The van der Waals surface area contributed by atoms with Gasteiger partial charge in [0.15, 0.2) is 11.5 Å². The molecule has 4 heteroatoms. The van der Waals surface area contributed by atoms with Crippen LogP contribution in [0.5, 0.6) is 11.5 Å². The lowest BCUT2D eigenvalue weighted by molar-refractivity contribution is 0.196. The molecular weight excluding hydrogens is 336 g/mol. The summed E-state index contributed by atoms with van der Waals surface area (Å²) in [6, 6.07) is 13.5. The Hall–Kier alpha value is -2.20. The Balaban J connectivity index is 1.60. The van der Waals surface area contributed by atoms with Crippen molar-refractivity contribution in [3.8, 4) is 11.5 Å². The van der Waals surface area contributed by atoms with E-state index in [4.69, 9.17) is 9.47 Å². The number of benzene rings is 2. The molecule has 0 bridgehead atoms. The quantitative estimate of drug-likeness (QED) is 0.767. The van der Waals surface area contributed by atoms with Crippen LogP contribution in [0.15, 0.2) is 36.4 Å². The maximum atomic E-state index is 5.44. The van der Waals surface area contributed by atoms with Crippen molar-refractivity contribution in [2.45, 2.75) is 33.2 Å². The van der Waals surface area contributed by atoms with E-state index in [1.54, 1.807) is 14.2 Å². The van der Waals surface area contributed by atoms with Crippen molar-refractivity contribution in [1.82, 2.24) is 4.90 Å². The summed E-state index contributed by atoms with van der Waals surface area (Å²) in [5.41, 5.74) is 5.38. The average molecular weight is 369 g/mol. The molecule has 0 spiro atoms. The zero-order valence-corrected chi connectivity index (χ0v) is 17.3. The molecule has 0 aliphatic carbocycles. The van der Waals surface area contributed by atoms with Crippen LogP contribution in [0.1, 0.15) is 23.6 Å². The summed E-state index contributed by atoms with van der Waals surface area (Å²) < 4.78 is 10.8. The van der Waals surface area contributed by atoms with E-state index in [0.717, 1.165) is 44.1 Å². The minimum atomic E-state index is 0.504. The number of anilines is 1. The molecule has 0 amide bonds. The second-order valence-corrected chi connectivity index (χ2v) is 7.56. The van der Waals surface area contributed by atoms with Crippen molar-refractivity contribution in [2.75, 3.05) is 45.3 Å². The third-order valence-corrected chi connectivity index (χ3v) is 5.62. The van der Waals surface area contributed by atoms with Crippen LogP contribution < -0.4 is 14.4 Å². The van der Waals surface area contributed by atoms with Gasteiger partial charge in [-0.3, -0.25) is 4.90 Å². The summed E-state index contributed by atoms with van der Waals surface area (Å²) >= 11 is 0. The molecule has 0 radical (unpaired) electrons. The number of ether oxygens (including phenoxy) is 2. The summed E-state index contributed by atoms with van der Waals surface area (Å²) in [5, 5.41) is 0. The molecular formula is C23H32N2O2. The zero-order valence-electron chi connectivity index (χ0n) is 17.3. The normalized spacial score (nSPS) is 16.3. The van der Waals surface area contributed by atoms with Gasteiger partial charge < -0.3 is 14.4 Å². The van der Waals surface area contributed by atoms with Crippen LogP contribution in [0, 0.1) is 13.8 Å². The highest BCUT2D eigenvalue weighted by Crippen LogP contribution is 2.29. The van der Waals surface area contributed by atoms with Gasteiger partial charge in [0.05, 0.1) is 14.2 Å². The highest BCUT2D eigenvalue weighted by Gasteiger charge is 2.22. The second-order valence-electron chi connectivity index (χ2n) is 7.56. The summed E-state index contributed by atoms with van der Waals surface area (Å²) in [6.07, 6.45) is 1.02. The first-order valence-electron chi connectivity index (χ1n) is 9.79. The van der Waals surface area contributed by atoms with Crippen LogP contribution in [-0.2, 0) is 6.42 Å². The van der Waals surface area contributed by atoms with Gasteiger partial charge >= 0.3 is 0 Å². The Morgan fingerprint density at radius 1 is 0.889 bits per heavy atom. The molecule has 3 rings (SSSR count). The van der Waals surface area contributed by atoms with Gasteiger partial charge in [-0.25, -0.2) is 0 Å². The Morgan fingerprint density at radius 2 is 1.59 bits per heavy atom. The summed E-state index contributed by atoms with van der Waals surface area (Å²) in [7, 11) is 3.37. The van der Waals surface area contributed by atoms with E-state index in [9.17, 15) is 0 Å². The van der Waals surface area contributed by atoms with Crippen LogP contribution >= 0.6 is 0 Å². The molecule has 1 unspecified atom stereocenters. The fourth-order valence-electron chi connectivity index (χ4n) is 3.94. The smallest absolute Gasteiger partial charge is 0.160 e. The van der Waals surface area contributed by atoms with Gasteiger partial charge in [0.25, 0.3) is 0 Å². The molecule has 2 aromatic carbocycles. The maximum absolute atomic E-state index is 5.44. The third kappa shape index (κ3) is 4.56. The van der Waals surface area contributed by atoms with Crippen molar-refractivity contribution >= 4 is 5.69 Å². The third-order valence-electron chi connectivity index (χ3n) is 5.62. The lowest BCUT2D eigenvalue weighted by atomic mass is 10.0. The molecule has 27 heavy (non-hydrogen) atoms. The van der Waals surface area contributed by atoms with Crippen LogP contribution in [0.2, 0.25) is 0 Å². The Kier molecular flexibility index (Phi) is 6.27. The zero-order chi connectivity index (χ0) is 19.4. The fourth-order valence-corrected chi connectivity index (χ4v) is 3.94. The molecule has 0 saturated carbocycles. The first-order chi connectivity index (χ1) is 13.0. The summed E-state index contributed by atoms with van der Waals surface area (Å²) in [6.45, 7) is 11.1. The summed E-state index contributed by atoms with van der Waals surface area (Å²) in [5.74, 6) is 1.60. The first kappa shape index (κ1) is 19.6. The van der Waals surface area contributed by atoms with Crippen LogP contribution in [0.3, 0.4) is 0 Å². The van der Waals surface area contributed by atoms with Crippen molar-refractivity contribution in [3.05, 3.63) is 53.1 Å². The summed E-state index contributed by atoms with van der Waals surface area (Å²) in [4.78, 5) is 5.13. The van der Waals surface area contributed by atoms with Gasteiger partial charge in [0.2, 0.25) is 0 Å². The molecule has 1 aliphatic rings. The molecule has 2 aromatic rings. The van der Waals surface area contributed by atoms with Crippen LogP contribution in [0.25, 0.3) is 0 Å². The lowest BCUT2D eigenvalue weighted by Gasteiger charge is -2.40. The molecule has 0 aromatic heterocycles. The molecule has 0 N–H and O–H groups in total. The molecule has 1 atom stereocenters. The number of hydrogen-bond donors (Lipinski definition) is 0. The topological polar surface area (TPSA) is 24.9 Å². The van der Waals surface area contributed by atoms with Gasteiger partial charge in [-0.2, -0.15) is 0 Å². The van der Waals surface area contributed by atoms with Crippen molar-refractivity contribution in [1.29, 1.82) is 0 Å². The van der Waals surface area contributed by atoms with Gasteiger partial charge in [0.1, 0.15) is 0 Å². The molecule has 1 fully saturated rings. The molecule has 4 nitrogen and oxygen atoms in total. The number of rotatable bonds is 6. The SMILES string of the molecule is COc1ccc(CC(C)N2CCN(c3cc(C)ccc3C)CC2)cc1OC. The van der Waals surface area contributed by atoms with Gasteiger partial charge in [0, 0.05) is 37.9 Å². The van der Waals surface area contributed by atoms with E-state index in [0.29, 0.717) is 6.04 Å². The number of nitrogens with zero attached hydrogens (tertiary/aromatic N) is 2. The van der Waals surface area contributed by atoms with E-state index in [1.165, 1.54) is 22.4 Å². The molecule has 1 heterocycles. The van der Waals surface area contributed by atoms with E-state index in [2.05, 4.69) is 60.9 Å². The number of aryl methyl sites for hydroxylation is 2. The van der Waals surface area contributed by atoms with Crippen molar-refractivity contribution < 1.29 is 9.47 Å². The molecule has 1 saturated heterocycles. The van der Waals surface area contributed by atoms with E-state index in [-0.39, 0.29) is 0 Å². The molecule has 146 valence electrons.